The number of hydrogen-bond donors (Lipinski definition) is 2. The van der Waals surface area contributed by atoms with Crippen LogP contribution in [-0.2, 0) is 0 Å². The number of halogens is 1. The summed E-state index contributed by atoms with van der Waals surface area (Å²) in [6, 6.07) is 6.82. The first kappa shape index (κ1) is 30.2. The molecule has 7 heteroatoms. The summed E-state index contributed by atoms with van der Waals surface area (Å²) in [6.07, 6.45) is 11.6. The van der Waals surface area contributed by atoms with Crippen LogP contribution in [0.25, 0.3) is 22.9 Å². The molecule has 0 radical (unpaired) electrons. The van der Waals surface area contributed by atoms with E-state index in [4.69, 9.17) is 15.7 Å². The third kappa shape index (κ3) is 7.21. The molecule has 1 atom stereocenters. The van der Waals surface area contributed by atoms with Gasteiger partial charge in [-0.1, -0.05) is 77.3 Å². The molecule has 2 aliphatic rings. The number of unbranched alkanes of at least 4 members (excludes halogenated alkanes) is 1. The second kappa shape index (κ2) is 15.3. The van der Waals surface area contributed by atoms with Crippen molar-refractivity contribution in [3.8, 4) is 0 Å². The van der Waals surface area contributed by atoms with Crippen LogP contribution >= 0.6 is 0 Å². The molecular formula is C32H45FN6. The Kier molecular flexibility index (Phi) is 11.9. The predicted octanol–water partition coefficient (Wildman–Crippen LogP) is 4.69. The summed E-state index contributed by atoms with van der Waals surface area (Å²) < 4.78 is 14.9. The van der Waals surface area contributed by atoms with Gasteiger partial charge in [0.2, 0.25) is 0 Å². The van der Waals surface area contributed by atoms with Crippen LogP contribution in [0.15, 0.2) is 41.4 Å². The Morgan fingerprint density at radius 3 is 2.54 bits per heavy atom. The first-order valence-electron chi connectivity index (χ1n) is 14.5. The first-order valence-corrected chi connectivity index (χ1v) is 14.5. The lowest BCUT2D eigenvalue weighted by Gasteiger charge is -2.30. The minimum absolute atomic E-state index is 0.280. The van der Waals surface area contributed by atoms with Gasteiger partial charge in [0.1, 0.15) is 11.6 Å². The minimum Gasteiger partial charge on any atom is -0.403 e. The second-order valence-electron chi connectivity index (χ2n) is 9.65. The fourth-order valence-electron chi connectivity index (χ4n) is 5.24. The highest BCUT2D eigenvalue weighted by atomic mass is 19.1. The molecule has 0 amide bonds. The highest BCUT2D eigenvalue weighted by molar-refractivity contribution is 6.08. The molecule has 6 nitrogen and oxygen atoms in total. The highest BCUT2D eigenvalue weighted by Gasteiger charge is 2.23. The van der Waals surface area contributed by atoms with E-state index in [2.05, 4.69) is 36.0 Å². The molecule has 4 rings (SSSR count). The minimum atomic E-state index is -0.280. The van der Waals surface area contributed by atoms with Crippen molar-refractivity contribution in [1.82, 2.24) is 15.3 Å². The maximum atomic E-state index is 14.9. The maximum Gasteiger partial charge on any atom is 0.162 e. The summed E-state index contributed by atoms with van der Waals surface area (Å²) in [7, 11) is 0. The average molecular weight is 533 g/mol. The Labute approximate surface area is 233 Å². The molecule has 1 aromatic heterocycles. The molecule has 0 spiro atoms. The number of rotatable bonds is 8. The molecule has 0 bridgehead atoms. The third-order valence-electron chi connectivity index (χ3n) is 7.22. The van der Waals surface area contributed by atoms with Crippen molar-refractivity contribution in [1.29, 1.82) is 0 Å². The molecule has 1 fully saturated rings. The maximum absolute atomic E-state index is 14.9. The molecule has 0 saturated carbocycles. The molecule has 3 N–H and O–H groups in total. The smallest absolute Gasteiger partial charge is 0.162 e. The zero-order valence-corrected chi connectivity index (χ0v) is 24.3. The van der Waals surface area contributed by atoms with Crippen LogP contribution in [-0.4, -0.2) is 48.9 Å². The van der Waals surface area contributed by atoms with Crippen molar-refractivity contribution in [2.45, 2.75) is 60.3 Å². The van der Waals surface area contributed by atoms with E-state index in [-0.39, 0.29) is 5.82 Å². The van der Waals surface area contributed by atoms with E-state index in [1.165, 1.54) is 18.1 Å². The van der Waals surface area contributed by atoms with Crippen LogP contribution in [0, 0.1) is 11.7 Å². The first-order chi connectivity index (χ1) is 19.1. The zero-order valence-electron chi connectivity index (χ0n) is 24.3. The van der Waals surface area contributed by atoms with Crippen molar-refractivity contribution in [2.75, 3.05) is 37.6 Å². The normalized spacial score (nSPS) is 17.5. The Bertz CT molecular complexity index is 1300. The van der Waals surface area contributed by atoms with E-state index >= 15 is 0 Å². The SMILES string of the molecule is CC.CCCCC(C)/C(CC)=c1\c(N2CCNCC2)nc(C2=CC=NCC=C2c2ccccc2F)n\c1=C\N. The number of aromatic nitrogens is 2. The number of nitrogens with zero attached hydrogens (tertiary/aromatic N) is 4. The van der Waals surface area contributed by atoms with Gasteiger partial charge in [0.25, 0.3) is 0 Å². The standard InChI is InChI=1S/C30H39FN6.C2H6/c1-4-6-9-21(3)22(5-2)28-27(20-32)35-29(36-30(28)37-18-16-34-17-19-37)25-13-15-33-14-12-23(25)24-10-7-8-11-26(24)31;1-2/h7-8,10-13,15,20-21,34H,4-6,9,14,16-19,32H2,1-3H3;1-2H3/b27-20+,28-22-;. The molecule has 0 aliphatic carbocycles. The van der Waals surface area contributed by atoms with E-state index in [9.17, 15) is 4.39 Å². The summed E-state index contributed by atoms with van der Waals surface area (Å²) in [5, 5.41) is 5.23. The van der Waals surface area contributed by atoms with Crippen molar-refractivity contribution >= 4 is 35.0 Å². The molecule has 3 heterocycles. The summed E-state index contributed by atoms with van der Waals surface area (Å²) in [5.41, 5.74) is 9.61. The van der Waals surface area contributed by atoms with Crippen LogP contribution in [0.2, 0.25) is 0 Å². The predicted molar refractivity (Wildman–Crippen MR) is 164 cm³/mol. The van der Waals surface area contributed by atoms with Gasteiger partial charge in [-0.15, -0.1) is 0 Å². The van der Waals surface area contributed by atoms with Crippen molar-refractivity contribution in [3.63, 3.8) is 0 Å². The van der Waals surface area contributed by atoms with Crippen LogP contribution in [0.5, 0.6) is 0 Å². The fourth-order valence-corrected chi connectivity index (χ4v) is 5.24. The fraction of sp³-hybridized carbons (Fsp3) is 0.469. The Balaban J connectivity index is 0.00000205. The molecule has 1 aromatic carbocycles. The molecule has 2 aliphatic heterocycles. The highest BCUT2D eigenvalue weighted by Crippen LogP contribution is 2.32. The van der Waals surface area contributed by atoms with Gasteiger partial charge < -0.3 is 16.0 Å². The summed E-state index contributed by atoms with van der Waals surface area (Å²) in [5.74, 6) is 1.57. The van der Waals surface area contributed by atoms with Gasteiger partial charge in [-0.3, -0.25) is 4.99 Å². The second-order valence-corrected chi connectivity index (χ2v) is 9.65. The number of anilines is 1. The Morgan fingerprint density at radius 2 is 1.87 bits per heavy atom. The number of allylic oxidation sites excluding steroid dienone is 3. The quantitative estimate of drug-likeness (QED) is 0.516. The molecule has 39 heavy (non-hydrogen) atoms. The number of hydrogen-bond acceptors (Lipinski definition) is 6. The van der Waals surface area contributed by atoms with Crippen molar-refractivity contribution in [2.24, 2.45) is 16.6 Å². The number of piperazine rings is 1. The molecular weight excluding hydrogens is 487 g/mol. The van der Waals surface area contributed by atoms with Crippen LogP contribution in [0.3, 0.4) is 0 Å². The Morgan fingerprint density at radius 1 is 1.13 bits per heavy atom. The monoisotopic (exact) mass is 532 g/mol. The van der Waals surface area contributed by atoms with E-state index in [1.54, 1.807) is 24.5 Å². The van der Waals surface area contributed by atoms with Crippen LogP contribution < -0.4 is 26.5 Å². The summed E-state index contributed by atoms with van der Waals surface area (Å²) in [6.45, 7) is 14.7. The van der Waals surface area contributed by atoms with E-state index < -0.39 is 0 Å². The number of benzene rings is 1. The van der Waals surface area contributed by atoms with Gasteiger partial charge >= 0.3 is 0 Å². The summed E-state index contributed by atoms with van der Waals surface area (Å²) >= 11 is 0. The van der Waals surface area contributed by atoms with Gasteiger partial charge in [0, 0.05) is 54.9 Å². The average Bonchev–Trinajstić information content (AvgIpc) is 3.24. The summed E-state index contributed by atoms with van der Waals surface area (Å²) in [4.78, 5) is 16.9. The lowest BCUT2D eigenvalue weighted by atomic mass is 9.91. The number of nitrogens with one attached hydrogen (secondary N) is 1. The molecule has 1 saturated heterocycles. The largest absolute Gasteiger partial charge is 0.403 e. The number of nitrogens with two attached hydrogens (primary N) is 1. The Hall–Kier alpha value is -3.32. The zero-order chi connectivity index (χ0) is 28.2. The van der Waals surface area contributed by atoms with Crippen molar-refractivity contribution in [3.05, 3.63) is 64.2 Å². The lowest BCUT2D eigenvalue weighted by Crippen LogP contribution is -2.49. The van der Waals surface area contributed by atoms with E-state index in [1.807, 2.05) is 32.1 Å². The molecule has 210 valence electrons. The van der Waals surface area contributed by atoms with Gasteiger partial charge in [0.15, 0.2) is 5.82 Å². The molecule has 1 unspecified atom stereocenters. The van der Waals surface area contributed by atoms with Gasteiger partial charge in [0.05, 0.1) is 11.9 Å². The van der Waals surface area contributed by atoms with Crippen LogP contribution in [0.4, 0.5) is 10.2 Å². The molecule has 2 aromatic rings. The third-order valence-corrected chi connectivity index (χ3v) is 7.22. The van der Waals surface area contributed by atoms with E-state index in [0.717, 1.165) is 73.0 Å². The topological polar surface area (TPSA) is 79.4 Å². The van der Waals surface area contributed by atoms with Crippen molar-refractivity contribution < 1.29 is 4.39 Å². The van der Waals surface area contributed by atoms with Crippen LogP contribution in [0.1, 0.15) is 71.7 Å². The lowest BCUT2D eigenvalue weighted by molar-refractivity contribution is 0.579. The van der Waals surface area contributed by atoms with Gasteiger partial charge in [-0.2, -0.15) is 0 Å². The van der Waals surface area contributed by atoms with Gasteiger partial charge in [-0.05, 0) is 36.5 Å². The van der Waals surface area contributed by atoms with Gasteiger partial charge in [-0.25, -0.2) is 14.4 Å². The number of aliphatic imine (C=N–C) groups is 1. The van der Waals surface area contributed by atoms with E-state index in [0.29, 0.717) is 23.9 Å².